The zero-order valence-electron chi connectivity index (χ0n) is 9.66. The first kappa shape index (κ1) is 11.7. The minimum Gasteiger partial charge on any atom is -0.393 e. The van der Waals surface area contributed by atoms with E-state index in [4.69, 9.17) is 17.3 Å². The monoisotopic (exact) mass is 248 g/mol. The normalized spacial score (nSPS) is 10.3. The molecular formula is C12H13ClN4. The molecule has 0 saturated heterocycles. The van der Waals surface area contributed by atoms with Crippen LogP contribution in [0.2, 0.25) is 5.15 Å². The topological polar surface area (TPSA) is 63.8 Å². The van der Waals surface area contributed by atoms with Crippen molar-refractivity contribution in [3.8, 4) is 0 Å². The Kier molecular flexibility index (Phi) is 3.15. The van der Waals surface area contributed by atoms with Crippen LogP contribution in [-0.2, 0) is 0 Å². The van der Waals surface area contributed by atoms with Gasteiger partial charge in [-0.25, -0.2) is 9.97 Å². The third-order valence-corrected chi connectivity index (χ3v) is 2.86. The maximum Gasteiger partial charge on any atom is 0.158 e. The Morgan fingerprint density at radius 1 is 1.18 bits per heavy atom. The largest absolute Gasteiger partial charge is 0.393 e. The Labute approximate surface area is 105 Å². The van der Waals surface area contributed by atoms with Crippen LogP contribution < -0.4 is 11.1 Å². The number of para-hydroxylation sites is 1. The van der Waals surface area contributed by atoms with Gasteiger partial charge in [0, 0.05) is 5.69 Å². The number of aryl methyl sites for hydroxylation is 2. The Hall–Kier alpha value is -1.81. The Morgan fingerprint density at radius 2 is 1.82 bits per heavy atom. The van der Waals surface area contributed by atoms with Crippen molar-refractivity contribution in [3.63, 3.8) is 0 Å². The van der Waals surface area contributed by atoms with Crippen LogP contribution in [0, 0.1) is 13.8 Å². The second kappa shape index (κ2) is 4.59. The number of halogens is 1. The Bertz CT molecular complexity index is 534. The van der Waals surface area contributed by atoms with E-state index in [-0.39, 0.29) is 5.15 Å². The summed E-state index contributed by atoms with van der Waals surface area (Å²) in [4.78, 5) is 7.90. The summed E-state index contributed by atoms with van der Waals surface area (Å²) in [5, 5.41) is 3.45. The Morgan fingerprint density at radius 3 is 2.47 bits per heavy atom. The second-order valence-electron chi connectivity index (χ2n) is 3.82. The van der Waals surface area contributed by atoms with E-state index in [1.165, 1.54) is 6.33 Å². The molecule has 17 heavy (non-hydrogen) atoms. The summed E-state index contributed by atoms with van der Waals surface area (Å²) in [5.74, 6) is 0.530. The van der Waals surface area contributed by atoms with Crippen molar-refractivity contribution in [3.05, 3.63) is 40.8 Å². The van der Waals surface area contributed by atoms with Crippen LogP contribution in [0.15, 0.2) is 24.5 Å². The van der Waals surface area contributed by atoms with E-state index >= 15 is 0 Å². The highest BCUT2D eigenvalue weighted by Crippen LogP contribution is 2.28. The average molecular weight is 249 g/mol. The molecule has 0 aliphatic rings. The maximum atomic E-state index is 5.84. The molecule has 0 aliphatic carbocycles. The molecule has 0 fully saturated rings. The molecule has 1 heterocycles. The number of nitrogens with two attached hydrogens (primary N) is 1. The van der Waals surface area contributed by atoms with E-state index in [0.717, 1.165) is 16.8 Å². The highest BCUT2D eigenvalue weighted by atomic mass is 35.5. The van der Waals surface area contributed by atoms with E-state index in [1.54, 1.807) is 0 Å². The van der Waals surface area contributed by atoms with Gasteiger partial charge in [0.1, 0.15) is 12.0 Å². The first-order valence-electron chi connectivity index (χ1n) is 5.19. The summed E-state index contributed by atoms with van der Waals surface area (Å²) in [7, 11) is 0. The second-order valence-corrected chi connectivity index (χ2v) is 4.18. The third-order valence-electron chi connectivity index (χ3n) is 2.56. The van der Waals surface area contributed by atoms with Gasteiger partial charge in [0.25, 0.3) is 0 Å². The highest BCUT2D eigenvalue weighted by molar-refractivity contribution is 6.32. The van der Waals surface area contributed by atoms with Gasteiger partial charge in [0.2, 0.25) is 0 Å². The lowest BCUT2D eigenvalue weighted by atomic mass is 10.1. The van der Waals surface area contributed by atoms with Gasteiger partial charge in [-0.3, -0.25) is 0 Å². The van der Waals surface area contributed by atoms with Gasteiger partial charge in [0.15, 0.2) is 11.0 Å². The van der Waals surface area contributed by atoms with Crippen LogP contribution in [0.4, 0.5) is 17.2 Å². The van der Waals surface area contributed by atoms with Gasteiger partial charge in [-0.1, -0.05) is 29.8 Å². The molecule has 5 heteroatoms. The summed E-state index contributed by atoms with van der Waals surface area (Å²) in [6, 6.07) is 6.05. The van der Waals surface area contributed by atoms with Crippen molar-refractivity contribution in [2.45, 2.75) is 13.8 Å². The molecule has 1 aromatic carbocycles. The SMILES string of the molecule is Cc1cccc(C)c1Nc1ncnc(Cl)c1N. The fourth-order valence-corrected chi connectivity index (χ4v) is 1.74. The maximum absolute atomic E-state index is 5.84. The molecule has 0 unspecified atom stereocenters. The van der Waals surface area contributed by atoms with Crippen molar-refractivity contribution in [2.75, 3.05) is 11.1 Å². The molecule has 0 bridgehead atoms. The van der Waals surface area contributed by atoms with E-state index in [9.17, 15) is 0 Å². The molecule has 4 nitrogen and oxygen atoms in total. The number of nitrogens with zero attached hydrogens (tertiary/aromatic N) is 2. The highest BCUT2D eigenvalue weighted by Gasteiger charge is 2.08. The lowest BCUT2D eigenvalue weighted by molar-refractivity contribution is 1.17. The number of hydrogen-bond donors (Lipinski definition) is 2. The van der Waals surface area contributed by atoms with Crippen molar-refractivity contribution < 1.29 is 0 Å². The van der Waals surface area contributed by atoms with E-state index < -0.39 is 0 Å². The van der Waals surface area contributed by atoms with E-state index in [0.29, 0.717) is 11.5 Å². The standard InChI is InChI=1S/C12H13ClN4/c1-7-4-3-5-8(2)10(7)17-12-9(14)11(13)15-6-16-12/h3-6H,14H2,1-2H3,(H,15,16,17). The first-order valence-corrected chi connectivity index (χ1v) is 5.56. The molecular weight excluding hydrogens is 236 g/mol. The Balaban J connectivity index is 2.42. The van der Waals surface area contributed by atoms with Crippen molar-refractivity contribution in [2.24, 2.45) is 0 Å². The summed E-state index contributed by atoms with van der Waals surface area (Å²) >= 11 is 5.84. The zero-order chi connectivity index (χ0) is 12.4. The molecule has 0 amide bonds. The van der Waals surface area contributed by atoms with Crippen LogP contribution in [0.3, 0.4) is 0 Å². The van der Waals surface area contributed by atoms with E-state index in [2.05, 4.69) is 15.3 Å². The van der Waals surface area contributed by atoms with Crippen LogP contribution in [0.1, 0.15) is 11.1 Å². The summed E-state index contributed by atoms with van der Waals surface area (Å²) in [5.41, 5.74) is 9.41. The first-order chi connectivity index (χ1) is 8.09. The quantitative estimate of drug-likeness (QED) is 0.802. The smallest absolute Gasteiger partial charge is 0.158 e. The number of nitrogen functional groups attached to an aromatic ring is 1. The molecule has 2 rings (SSSR count). The lowest BCUT2D eigenvalue weighted by Gasteiger charge is -2.13. The van der Waals surface area contributed by atoms with Crippen LogP contribution in [0.25, 0.3) is 0 Å². The molecule has 3 N–H and O–H groups in total. The predicted octanol–water partition coefficient (Wildman–Crippen LogP) is 3.07. The minimum atomic E-state index is 0.258. The number of aromatic nitrogens is 2. The van der Waals surface area contributed by atoms with Crippen LogP contribution in [-0.4, -0.2) is 9.97 Å². The van der Waals surface area contributed by atoms with Gasteiger partial charge >= 0.3 is 0 Å². The van der Waals surface area contributed by atoms with Gasteiger partial charge in [-0.05, 0) is 25.0 Å². The predicted molar refractivity (Wildman–Crippen MR) is 70.7 cm³/mol. The van der Waals surface area contributed by atoms with Crippen molar-refractivity contribution in [1.82, 2.24) is 9.97 Å². The fraction of sp³-hybridized carbons (Fsp3) is 0.167. The molecule has 0 saturated carbocycles. The minimum absolute atomic E-state index is 0.258. The van der Waals surface area contributed by atoms with Crippen molar-refractivity contribution >= 4 is 28.8 Å². The molecule has 0 spiro atoms. The molecule has 1 aromatic heterocycles. The van der Waals surface area contributed by atoms with Gasteiger partial charge < -0.3 is 11.1 Å². The number of rotatable bonds is 2. The number of anilines is 3. The molecule has 2 aromatic rings. The molecule has 0 atom stereocenters. The third kappa shape index (κ3) is 2.31. The summed E-state index contributed by atoms with van der Waals surface area (Å²) in [6.45, 7) is 4.04. The van der Waals surface area contributed by atoms with Gasteiger partial charge in [-0.15, -0.1) is 0 Å². The van der Waals surface area contributed by atoms with Gasteiger partial charge in [0.05, 0.1) is 0 Å². The molecule has 0 aliphatic heterocycles. The number of benzene rings is 1. The number of nitrogens with one attached hydrogen (secondary N) is 1. The van der Waals surface area contributed by atoms with Crippen molar-refractivity contribution in [1.29, 1.82) is 0 Å². The number of hydrogen-bond acceptors (Lipinski definition) is 4. The summed E-state index contributed by atoms with van der Waals surface area (Å²) in [6.07, 6.45) is 1.38. The zero-order valence-corrected chi connectivity index (χ0v) is 10.4. The van der Waals surface area contributed by atoms with E-state index in [1.807, 2.05) is 32.0 Å². The average Bonchev–Trinajstić information content (AvgIpc) is 2.29. The molecule has 88 valence electrons. The lowest BCUT2D eigenvalue weighted by Crippen LogP contribution is -2.03. The summed E-state index contributed by atoms with van der Waals surface area (Å²) < 4.78 is 0. The fourth-order valence-electron chi connectivity index (χ4n) is 1.60. The van der Waals surface area contributed by atoms with Crippen LogP contribution in [0.5, 0.6) is 0 Å². The van der Waals surface area contributed by atoms with Crippen LogP contribution >= 0.6 is 11.6 Å². The van der Waals surface area contributed by atoms with Gasteiger partial charge in [-0.2, -0.15) is 0 Å². The molecule has 0 radical (unpaired) electrons.